The van der Waals surface area contributed by atoms with Crippen molar-refractivity contribution in [2.75, 3.05) is 6.61 Å². The summed E-state index contributed by atoms with van der Waals surface area (Å²) in [4.78, 5) is 12.4. The molecule has 0 unspecified atom stereocenters. The number of hydrogen-bond donors (Lipinski definition) is 0. The van der Waals surface area contributed by atoms with Gasteiger partial charge in [-0.2, -0.15) is 0 Å². The van der Waals surface area contributed by atoms with E-state index in [2.05, 4.69) is 0 Å². The van der Waals surface area contributed by atoms with Gasteiger partial charge in [0, 0.05) is 11.1 Å². The van der Waals surface area contributed by atoms with Crippen LogP contribution in [0.2, 0.25) is 5.02 Å². The lowest BCUT2D eigenvalue weighted by atomic mass is 10.1. The van der Waals surface area contributed by atoms with Crippen LogP contribution in [-0.4, -0.2) is 12.4 Å². The maximum atomic E-state index is 12.4. The van der Waals surface area contributed by atoms with E-state index in [1.807, 2.05) is 32.1 Å². The van der Waals surface area contributed by atoms with E-state index in [0.717, 1.165) is 5.56 Å². The van der Waals surface area contributed by atoms with Gasteiger partial charge in [-0.15, -0.1) is 0 Å². The van der Waals surface area contributed by atoms with Crippen molar-refractivity contribution in [3.8, 4) is 11.5 Å². The second-order valence-corrected chi connectivity index (χ2v) is 6.18. The summed E-state index contributed by atoms with van der Waals surface area (Å²) in [7, 11) is 0. The Morgan fingerprint density at radius 2 is 2.04 bits per heavy atom. The fraction of sp³-hybridized carbons (Fsp3) is 0.150. The van der Waals surface area contributed by atoms with Gasteiger partial charge in [-0.1, -0.05) is 29.3 Å². The van der Waals surface area contributed by atoms with Gasteiger partial charge in [0.25, 0.3) is 0 Å². The molecule has 0 spiro atoms. The van der Waals surface area contributed by atoms with Crippen molar-refractivity contribution in [2.24, 2.45) is 0 Å². The second-order valence-electron chi connectivity index (χ2n) is 5.75. The molecule has 0 N–H and O–H groups in total. The van der Waals surface area contributed by atoms with E-state index >= 15 is 0 Å². The highest BCUT2D eigenvalue weighted by Crippen LogP contribution is 2.35. The highest BCUT2D eigenvalue weighted by atomic mass is 35.5. The van der Waals surface area contributed by atoms with E-state index in [-0.39, 0.29) is 11.5 Å². The molecule has 0 aliphatic carbocycles. The molecular weight excluding hydrogens is 324 g/mol. The molecule has 2 aromatic carbocycles. The molecule has 122 valence electrons. The normalized spacial score (nSPS) is 14.3. The average molecular weight is 341 g/mol. The summed E-state index contributed by atoms with van der Waals surface area (Å²) in [6, 6.07) is 12.5. The number of Topliss-reactive ketones (excluding diaryl/α,β-unsaturated/α-hetero) is 1. The summed E-state index contributed by atoms with van der Waals surface area (Å²) in [5.41, 5.74) is 2.55. The predicted molar refractivity (Wildman–Crippen MR) is 95.8 cm³/mol. The number of fused-ring (bicyclic) bond motifs is 1. The molecule has 0 fully saturated rings. The van der Waals surface area contributed by atoms with Crippen molar-refractivity contribution in [3.05, 3.63) is 76.0 Å². The molecule has 2 aromatic rings. The maximum absolute atomic E-state index is 12.4. The standard InChI is InChI=1S/C20H17ClO3/c1-13(2)8-9-23-16-6-7-17-18(12-16)24-19(20(17)22)11-14-4-3-5-15(21)10-14/h3-8,10-12H,9H2,1-2H3/b19-11-. The molecule has 1 aliphatic rings. The monoisotopic (exact) mass is 340 g/mol. The molecule has 0 amide bonds. The first-order valence-electron chi connectivity index (χ1n) is 7.63. The van der Waals surface area contributed by atoms with Crippen LogP contribution in [0.15, 0.2) is 59.9 Å². The molecule has 3 rings (SSSR count). The number of allylic oxidation sites excluding steroid dienone is 2. The Labute approximate surface area is 146 Å². The van der Waals surface area contributed by atoms with Crippen molar-refractivity contribution in [3.63, 3.8) is 0 Å². The molecule has 0 saturated heterocycles. The highest BCUT2D eigenvalue weighted by molar-refractivity contribution is 6.30. The molecular formula is C20H17ClO3. The quantitative estimate of drug-likeness (QED) is 0.559. The van der Waals surface area contributed by atoms with Crippen LogP contribution in [0.4, 0.5) is 0 Å². The van der Waals surface area contributed by atoms with Gasteiger partial charge in [-0.3, -0.25) is 4.79 Å². The van der Waals surface area contributed by atoms with Crippen molar-refractivity contribution in [1.29, 1.82) is 0 Å². The zero-order valence-corrected chi connectivity index (χ0v) is 14.3. The van der Waals surface area contributed by atoms with Crippen LogP contribution in [-0.2, 0) is 0 Å². The van der Waals surface area contributed by atoms with Crippen molar-refractivity contribution >= 4 is 23.5 Å². The average Bonchev–Trinajstić information content (AvgIpc) is 2.83. The van der Waals surface area contributed by atoms with Gasteiger partial charge in [-0.25, -0.2) is 0 Å². The van der Waals surface area contributed by atoms with Crippen LogP contribution < -0.4 is 9.47 Å². The van der Waals surface area contributed by atoms with Crippen LogP contribution >= 0.6 is 11.6 Å². The zero-order chi connectivity index (χ0) is 17.1. The van der Waals surface area contributed by atoms with Crippen molar-refractivity contribution < 1.29 is 14.3 Å². The largest absolute Gasteiger partial charge is 0.489 e. The molecule has 1 heterocycles. The van der Waals surface area contributed by atoms with Crippen LogP contribution in [0.25, 0.3) is 6.08 Å². The van der Waals surface area contributed by atoms with Crippen LogP contribution in [0.1, 0.15) is 29.8 Å². The lowest BCUT2D eigenvalue weighted by molar-refractivity contribution is 0.101. The molecule has 0 aromatic heterocycles. The fourth-order valence-electron chi connectivity index (χ4n) is 2.31. The first-order chi connectivity index (χ1) is 11.5. The Balaban J connectivity index is 1.81. The molecule has 0 radical (unpaired) electrons. The Bertz CT molecular complexity index is 846. The summed E-state index contributed by atoms with van der Waals surface area (Å²) in [5.74, 6) is 1.33. The highest BCUT2D eigenvalue weighted by Gasteiger charge is 2.27. The zero-order valence-electron chi connectivity index (χ0n) is 13.5. The first-order valence-corrected chi connectivity index (χ1v) is 8.01. The first kappa shape index (κ1) is 16.3. The molecule has 0 saturated carbocycles. The molecule has 24 heavy (non-hydrogen) atoms. The van der Waals surface area contributed by atoms with Crippen molar-refractivity contribution in [1.82, 2.24) is 0 Å². The van der Waals surface area contributed by atoms with Crippen LogP contribution in [0.3, 0.4) is 0 Å². The number of ether oxygens (including phenoxy) is 2. The van der Waals surface area contributed by atoms with E-state index in [1.54, 1.807) is 36.4 Å². The number of benzene rings is 2. The lowest BCUT2D eigenvalue weighted by Crippen LogP contribution is -1.98. The Kier molecular flexibility index (Phi) is 4.72. The Hall–Kier alpha value is -2.52. The number of rotatable bonds is 4. The third-order valence-corrected chi connectivity index (χ3v) is 3.76. The van der Waals surface area contributed by atoms with Gasteiger partial charge in [0.2, 0.25) is 5.78 Å². The summed E-state index contributed by atoms with van der Waals surface area (Å²) in [6.45, 7) is 4.52. The molecule has 1 aliphatic heterocycles. The summed E-state index contributed by atoms with van der Waals surface area (Å²) < 4.78 is 11.3. The Morgan fingerprint density at radius 3 is 2.79 bits per heavy atom. The minimum Gasteiger partial charge on any atom is -0.489 e. The second kappa shape index (κ2) is 6.93. The number of halogens is 1. The smallest absolute Gasteiger partial charge is 0.231 e. The van der Waals surface area contributed by atoms with Gasteiger partial charge < -0.3 is 9.47 Å². The maximum Gasteiger partial charge on any atom is 0.231 e. The van der Waals surface area contributed by atoms with E-state index in [1.165, 1.54) is 5.57 Å². The fourth-order valence-corrected chi connectivity index (χ4v) is 2.51. The number of ketones is 1. The van der Waals surface area contributed by atoms with Gasteiger partial charge >= 0.3 is 0 Å². The molecule has 4 heteroatoms. The molecule has 0 atom stereocenters. The van der Waals surface area contributed by atoms with Crippen LogP contribution in [0.5, 0.6) is 11.5 Å². The molecule has 3 nitrogen and oxygen atoms in total. The SMILES string of the molecule is CC(C)=CCOc1ccc2c(c1)O/C(=C\c1cccc(Cl)c1)C2=O. The van der Waals surface area contributed by atoms with Gasteiger partial charge in [0.1, 0.15) is 18.1 Å². The number of carbonyl (C=O) groups is 1. The Morgan fingerprint density at radius 1 is 1.21 bits per heavy atom. The van der Waals surface area contributed by atoms with E-state index in [4.69, 9.17) is 21.1 Å². The molecule has 0 bridgehead atoms. The van der Waals surface area contributed by atoms with Crippen molar-refractivity contribution in [2.45, 2.75) is 13.8 Å². The summed E-state index contributed by atoms with van der Waals surface area (Å²) >= 11 is 5.97. The summed E-state index contributed by atoms with van der Waals surface area (Å²) in [5, 5.41) is 0.613. The van der Waals surface area contributed by atoms with Gasteiger partial charge in [-0.05, 0) is 55.8 Å². The predicted octanol–water partition coefficient (Wildman–Crippen LogP) is 5.30. The minimum atomic E-state index is -0.138. The van der Waals surface area contributed by atoms with Gasteiger partial charge in [0.15, 0.2) is 5.76 Å². The lowest BCUT2D eigenvalue weighted by Gasteiger charge is -2.05. The van der Waals surface area contributed by atoms with E-state index in [0.29, 0.717) is 28.7 Å². The van der Waals surface area contributed by atoms with Gasteiger partial charge in [0.05, 0.1) is 5.56 Å². The third-order valence-electron chi connectivity index (χ3n) is 3.53. The minimum absolute atomic E-state index is 0.138. The number of carbonyl (C=O) groups excluding carboxylic acids is 1. The third kappa shape index (κ3) is 3.69. The van der Waals surface area contributed by atoms with E-state index in [9.17, 15) is 4.79 Å². The topological polar surface area (TPSA) is 35.5 Å². The van der Waals surface area contributed by atoms with Crippen LogP contribution in [0, 0.1) is 0 Å². The summed E-state index contributed by atoms with van der Waals surface area (Å²) in [6.07, 6.45) is 3.68. The number of hydrogen-bond acceptors (Lipinski definition) is 3. The van der Waals surface area contributed by atoms with E-state index < -0.39 is 0 Å².